The van der Waals surface area contributed by atoms with Gasteiger partial charge in [-0.3, -0.25) is 9.59 Å². The molecule has 0 fully saturated rings. The number of hydrogen-bond acceptors (Lipinski definition) is 4. The Kier molecular flexibility index (Phi) is 30.6. The Morgan fingerprint density at radius 2 is 0.840 bits per heavy atom. The molecule has 0 aliphatic rings. The van der Waals surface area contributed by atoms with Crippen molar-refractivity contribution >= 4 is 35.8 Å². The topological polar surface area (TPSA) is 52.6 Å². The molecule has 0 saturated heterocycles. The van der Waals surface area contributed by atoms with Crippen LogP contribution in [-0.4, -0.2) is 49.1 Å². The van der Waals surface area contributed by atoms with E-state index in [1.165, 1.54) is 78.1 Å². The maximum Gasteiger partial charge on any atom is 0.302 e. The first kappa shape index (κ1) is 29.5. The molecule has 0 heterocycles. The van der Waals surface area contributed by atoms with Gasteiger partial charge in [-0.2, -0.15) is 0 Å². The smallest absolute Gasteiger partial charge is 0.302 e. The van der Waals surface area contributed by atoms with Gasteiger partial charge in [0.1, 0.15) is 0 Å². The molecular weight excluding hydrogens is 423 g/mol. The van der Waals surface area contributed by atoms with E-state index < -0.39 is 0 Å². The van der Waals surface area contributed by atoms with E-state index in [2.05, 4.69) is 13.8 Å². The van der Waals surface area contributed by atoms with Gasteiger partial charge in [-0.15, -0.1) is 0 Å². The van der Waals surface area contributed by atoms with E-state index >= 15 is 0 Å². The summed E-state index contributed by atoms with van der Waals surface area (Å²) in [5, 5.41) is 0. The Hall–Kier alpha value is -0.261. The quantitative estimate of drug-likeness (QED) is 0.196. The number of esters is 2. The summed E-state index contributed by atoms with van der Waals surface area (Å²) in [5.41, 5.74) is 0. The first-order valence-corrected chi connectivity index (χ1v) is 9.81. The van der Waals surface area contributed by atoms with E-state index in [0.717, 1.165) is 12.8 Å². The first-order valence-electron chi connectivity index (χ1n) is 9.81. The van der Waals surface area contributed by atoms with Gasteiger partial charge < -0.3 is 9.47 Å². The molecule has 4 nitrogen and oxygen atoms in total. The van der Waals surface area contributed by atoms with Crippen molar-refractivity contribution in [1.29, 1.82) is 0 Å². The van der Waals surface area contributed by atoms with Crippen molar-refractivity contribution in [1.82, 2.24) is 0 Å². The summed E-state index contributed by atoms with van der Waals surface area (Å²) in [4.78, 5) is 20.7. The van der Waals surface area contributed by atoms with Crippen LogP contribution in [0.4, 0.5) is 0 Å². The molecule has 0 aromatic rings. The van der Waals surface area contributed by atoms with Crippen molar-refractivity contribution in [2.45, 2.75) is 105 Å². The molecule has 4 radical (unpaired) electrons. The monoisotopic (exact) mass is 464 g/mol. The van der Waals surface area contributed by atoms with Gasteiger partial charge in [0.25, 0.3) is 0 Å². The molecule has 0 saturated carbocycles. The second-order valence-electron chi connectivity index (χ2n) is 6.22. The molecule has 0 spiro atoms. The maximum absolute atomic E-state index is 10.4. The van der Waals surface area contributed by atoms with Crippen LogP contribution in [-0.2, 0) is 19.1 Å². The molecule has 5 heteroatoms. The largest absolute Gasteiger partial charge is 0.466 e. The molecule has 0 bridgehead atoms. The van der Waals surface area contributed by atoms with Gasteiger partial charge in [-0.1, -0.05) is 78.1 Å². The van der Waals surface area contributed by atoms with E-state index in [-0.39, 0.29) is 35.8 Å². The van der Waals surface area contributed by atoms with Crippen LogP contribution < -0.4 is 0 Å². The Morgan fingerprint density at radius 3 is 1.12 bits per heavy atom. The van der Waals surface area contributed by atoms with Crippen LogP contribution in [0.1, 0.15) is 105 Å². The van der Waals surface area contributed by atoms with Crippen molar-refractivity contribution in [3.05, 3.63) is 0 Å². The molecule has 0 amide bonds. The number of unbranched alkanes of at least 4 members (excludes halogenated alkanes) is 10. The molecule has 0 rings (SSSR count). The van der Waals surface area contributed by atoms with Crippen molar-refractivity contribution < 1.29 is 19.1 Å². The fourth-order valence-corrected chi connectivity index (χ4v) is 2.20. The van der Waals surface area contributed by atoms with Gasteiger partial charge in [0.2, 0.25) is 0 Å². The minimum absolute atomic E-state index is 0. The summed E-state index contributed by atoms with van der Waals surface area (Å²) in [7, 11) is 0. The summed E-state index contributed by atoms with van der Waals surface area (Å²) >= 11 is 0. The minimum Gasteiger partial charge on any atom is -0.466 e. The zero-order valence-electron chi connectivity index (χ0n) is 17.0. The number of ether oxygens (including phenoxy) is 2. The third-order valence-corrected chi connectivity index (χ3v) is 3.61. The minimum atomic E-state index is -0.163. The van der Waals surface area contributed by atoms with Gasteiger partial charge in [-0.05, 0) is 12.8 Å². The predicted molar refractivity (Wildman–Crippen MR) is 106 cm³/mol. The van der Waals surface area contributed by atoms with Gasteiger partial charge in [0, 0.05) is 37.8 Å². The summed E-state index contributed by atoms with van der Waals surface area (Å²) < 4.78 is 9.62. The molecule has 0 aliphatic heterocycles. The molecule has 148 valence electrons. The van der Waals surface area contributed by atoms with E-state index in [4.69, 9.17) is 9.47 Å². The SMILES string of the molecule is CCCCCCCCOC(C)=O.CCCCCCCCOC(C)=O.[Sn]. The Balaban J connectivity index is -0.000000372. The van der Waals surface area contributed by atoms with Gasteiger partial charge in [0.05, 0.1) is 13.2 Å². The summed E-state index contributed by atoms with van der Waals surface area (Å²) in [6.07, 6.45) is 14.8. The molecular formula is C20H40O4Sn. The molecule has 0 aromatic heterocycles. The molecule has 0 aromatic carbocycles. The fraction of sp³-hybridized carbons (Fsp3) is 0.900. The Morgan fingerprint density at radius 1 is 0.560 bits per heavy atom. The molecule has 0 atom stereocenters. The van der Waals surface area contributed by atoms with E-state index in [1.807, 2.05) is 0 Å². The molecule has 25 heavy (non-hydrogen) atoms. The number of hydrogen-bond donors (Lipinski definition) is 0. The van der Waals surface area contributed by atoms with Gasteiger partial charge in [0.15, 0.2) is 0 Å². The summed E-state index contributed by atoms with van der Waals surface area (Å²) in [6.45, 7) is 8.52. The van der Waals surface area contributed by atoms with Crippen molar-refractivity contribution in [3.8, 4) is 0 Å². The van der Waals surface area contributed by atoms with Crippen LogP contribution in [0.5, 0.6) is 0 Å². The standard InChI is InChI=1S/2C10H20O2.Sn/c2*1-3-4-5-6-7-8-9-12-10(2)11;/h2*3-9H2,1-2H3;. The number of carbonyl (C=O) groups excluding carboxylic acids is 2. The van der Waals surface area contributed by atoms with Crippen molar-refractivity contribution in [2.75, 3.05) is 13.2 Å². The summed E-state index contributed by atoms with van der Waals surface area (Å²) in [5.74, 6) is -0.327. The maximum atomic E-state index is 10.4. The van der Waals surface area contributed by atoms with Crippen LogP contribution in [0.25, 0.3) is 0 Å². The van der Waals surface area contributed by atoms with Crippen molar-refractivity contribution in [3.63, 3.8) is 0 Å². The third-order valence-electron chi connectivity index (χ3n) is 3.61. The second kappa shape index (κ2) is 26.0. The van der Waals surface area contributed by atoms with Crippen LogP contribution in [0.3, 0.4) is 0 Å². The molecule has 0 N–H and O–H groups in total. The van der Waals surface area contributed by atoms with Crippen LogP contribution >= 0.6 is 0 Å². The predicted octanol–water partition coefficient (Wildman–Crippen LogP) is 5.44. The zero-order valence-corrected chi connectivity index (χ0v) is 19.9. The zero-order chi connectivity index (χ0) is 18.5. The van der Waals surface area contributed by atoms with Gasteiger partial charge >= 0.3 is 11.9 Å². The Bertz CT molecular complexity index is 255. The third kappa shape index (κ3) is 35.7. The molecule has 0 unspecified atom stereocenters. The Labute approximate surface area is 172 Å². The number of rotatable bonds is 14. The van der Waals surface area contributed by atoms with Crippen LogP contribution in [0, 0.1) is 0 Å². The van der Waals surface area contributed by atoms with E-state index in [9.17, 15) is 9.59 Å². The summed E-state index contributed by atoms with van der Waals surface area (Å²) in [6, 6.07) is 0. The average Bonchev–Trinajstić information content (AvgIpc) is 2.53. The van der Waals surface area contributed by atoms with E-state index in [1.54, 1.807) is 0 Å². The normalized spacial score (nSPS) is 9.44. The average molecular weight is 463 g/mol. The number of carbonyl (C=O) groups is 2. The van der Waals surface area contributed by atoms with Crippen LogP contribution in [0.2, 0.25) is 0 Å². The second-order valence-corrected chi connectivity index (χ2v) is 6.22. The van der Waals surface area contributed by atoms with Crippen molar-refractivity contribution in [2.24, 2.45) is 0 Å². The molecule has 0 aliphatic carbocycles. The van der Waals surface area contributed by atoms with Crippen LogP contribution in [0.15, 0.2) is 0 Å². The van der Waals surface area contributed by atoms with Gasteiger partial charge in [-0.25, -0.2) is 0 Å². The first-order chi connectivity index (χ1) is 11.5. The van der Waals surface area contributed by atoms with E-state index in [0.29, 0.717) is 13.2 Å². The fourth-order valence-electron chi connectivity index (χ4n) is 2.20.